The number of rotatable bonds is 4. The van der Waals surface area contributed by atoms with Gasteiger partial charge in [-0.2, -0.15) is 18.2 Å². The van der Waals surface area contributed by atoms with Gasteiger partial charge in [-0.15, -0.1) is 0 Å². The van der Waals surface area contributed by atoms with E-state index in [1.54, 1.807) is 0 Å². The number of benzene rings is 2. The first kappa shape index (κ1) is 18.5. The molecule has 0 amide bonds. The van der Waals surface area contributed by atoms with Gasteiger partial charge in [-0.1, -0.05) is 23.4 Å². The standard InChI is InChI=1S/C19H14F5N3O/c20-15-5-4-11(6-16(15)21)8-27-9-13(10-27)18-25-17(26-28-18)12-2-1-3-14(7-12)19(22,23)24/h1-7,13H,8-10H2. The molecule has 0 N–H and O–H groups in total. The van der Waals surface area contributed by atoms with Crippen LogP contribution in [0.4, 0.5) is 22.0 Å². The Morgan fingerprint density at radius 3 is 2.54 bits per heavy atom. The van der Waals surface area contributed by atoms with Crippen LogP contribution in [0, 0.1) is 11.6 Å². The molecule has 1 saturated heterocycles. The predicted molar refractivity (Wildman–Crippen MR) is 89.1 cm³/mol. The number of hydrogen-bond donors (Lipinski definition) is 0. The monoisotopic (exact) mass is 395 g/mol. The summed E-state index contributed by atoms with van der Waals surface area (Å²) < 4.78 is 69.9. The van der Waals surface area contributed by atoms with E-state index in [-0.39, 0.29) is 17.3 Å². The lowest BCUT2D eigenvalue weighted by atomic mass is 9.99. The van der Waals surface area contributed by atoms with E-state index in [2.05, 4.69) is 10.1 Å². The van der Waals surface area contributed by atoms with Crippen molar-refractivity contribution in [3.8, 4) is 11.4 Å². The minimum absolute atomic E-state index is 0.0580. The summed E-state index contributed by atoms with van der Waals surface area (Å²) >= 11 is 0. The number of likely N-dealkylation sites (tertiary alicyclic amines) is 1. The lowest BCUT2D eigenvalue weighted by molar-refractivity contribution is -0.137. The number of aromatic nitrogens is 2. The summed E-state index contributed by atoms with van der Waals surface area (Å²) in [6, 6.07) is 8.49. The molecule has 3 aromatic rings. The van der Waals surface area contributed by atoms with Crippen molar-refractivity contribution < 1.29 is 26.5 Å². The van der Waals surface area contributed by atoms with Crippen LogP contribution in [0.1, 0.15) is 22.9 Å². The van der Waals surface area contributed by atoms with Crippen LogP contribution in [0.25, 0.3) is 11.4 Å². The number of halogens is 5. The number of nitrogens with zero attached hydrogens (tertiary/aromatic N) is 3. The molecule has 0 bridgehead atoms. The molecule has 0 unspecified atom stereocenters. The Balaban J connectivity index is 1.40. The molecule has 1 aliphatic heterocycles. The summed E-state index contributed by atoms with van der Waals surface area (Å²) in [6.45, 7) is 1.59. The third kappa shape index (κ3) is 3.75. The normalized spacial score (nSPS) is 15.6. The zero-order chi connectivity index (χ0) is 19.9. The Kier molecular flexibility index (Phi) is 4.62. The van der Waals surface area contributed by atoms with Crippen molar-refractivity contribution in [2.24, 2.45) is 0 Å². The van der Waals surface area contributed by atoms with Crippen molar-refractivity contribution in [1.82, 2.24) is 15.0 Å². The molecule has 28 heavy (non-hydrogen) atoms. The summed E-state index contributed by atoms with van der Waals surface area (Å²) in [6.07, 6.45) is -4.45. The van der Waals surface area contributed by atoms with Crippen molar-refractivity contribution in [3.63, 3.8) is 0 Å². The van der Waals surface area contributed by atoms with Crippen LogP contribution in [0.5, 0.6) is 0 Å². The van der Waals surface area contributed by atoms with Crippen LogP contribution >= 0.6 is 0 Å². The Morgan fingerprint density at radius 1 is 1.04 bits per heavy atom. The van der Waals surface area contributed by atoms with Crippen molar-refractivity contribution in [1.29, 1.82) is 0 Å². The fraction of sp³-hybridized carbons (Fsp3) is 0.263. The third-order valence-corrected chi connectivity index (χ3v) is 4.59. The van der Waals surface area contributed by atoms with Gasteiger partial charge in [0.2, 0.25) is 11.7 Å². The van der Waals surface area contributed by atoms with E-state index in [9.17, 15) is 22.0 Å². The molecule has 1 aromatic heterocycles. The van der Waals surface area contributed by atoms with Crippen molar-refractivity contribution in [3.05, 3.63) is 71.1 Å². The Hall–Kier alpha value is -2.81. The molecule has 9 heteroatoms. The van der Waals surface area contributed by atoms with Crippen molar-refractivity contribution in [2.45, 2.75) is 18.6 Å². The molecule has 0 atom stereocenters. The Bertz CT molecular complexity index is 995. The molecular weight excluding hydrogens is 381 g/mol. The molecule has 0 saturated carbocycles. The SMILES string of the molecule is Fc1ccc(CN2CC(c3nc(-c4cccc(C(F)(F)F)c4)no3)C2)cc1F. The first-order valence-electron chi connectivity index (χ1n) is 8.47. The van der Waals surface area contributed by atoms with Crippen molar-refractivity contribution in [2.75, 3.05) is 13.1 Å². The predicted octanol–water partition coefficient (Wildman–Crippen LogP) is 4.63. The molecule has 0 radical (unpaired) electrons. The second-order valence-corrected chi connectivity index (χ2v) is 6.67. The van der Waals surface area contributed by atoms with E-state index in [0.29, 0.717) is 31.1 Å². The summed E-state index contributed by atoms with van der Waals surface area (Å²) in [5.41, 5.74) is 0.0908. The van der Waals surface area contributed by atoms with Gasteiger partial charge in [0.05, 0.1) is 11.5 Å². The average Bonchev–Trinajstić information content (AvgIpc) is 3.09. The fourth-order valence-electron chi connectivity index (χ4n) is 3.10. The van der Waals surface area contributed by atoms with Gasteiger partial charge in [-0.25, -0.2) is 8.78 Å². The van der Waals surface area contributed by atoms with Gasteiger partial charge in [0, 0.05) is 25.2 Å². The van der Waals surface area contributed by atoms with E-state index in [1.165, 1.54) is 18.2 Å². The summed E-state index contributed by atoms with van der Waals surface area (Å²) in [5.74, 6) is -1.40. The van der Waals surface area contributed by atoms with Crippen LogP contribution in [0.3, 0.4) is 0 Å². The van der Waals surface area contributed by atoms with E-state index < -0.39 is 23.4 Å². The summed E-state index contributed by atoms with van der Waals surface area (Å²) in [4.78, 5) is 6.20. The number of alkyl halides is 3. The molecule has 2 aromatic carbocycles. The molecule has 146 valence electrons. The lowest BCUT2D eigenvalue weighted by Crippen LogP contribution is -2.44. The second kappa shape index (κ2) is 6.97. The first-order chi connectivity index (χ1) is 13.3. The lowest BCUT2D eigenvalue weighted by Gasteiger charge is -2.37. The molecule has 2 heterocycles. The van der Waals surface area contributed by atoms with Gasteiger partial charge < -0.3 is 4.52 Å². The van der Waals surface area contributed by atoms with Crippen LogP contribution in [-0.4, -0.2) is 28.1 Å². The van der Waals surface area contributed by atoms with Gasteiger partial charge in [0.25, 0.3) is 0 Å². The van der Waals surface area contributed by atoms with Gasteiger partial charge in [0.15, 0.2) is 11.6 Å². The molecule has 4 nitrogen and oxygen atoms in total. The van der Waals surface area contributed by atoms with Gasteiger partial charge in [-0.3, -0.25) is 4.90 Å². The molecule has 1 aliphatic rings. The zero-order valence-electron chi connectivity index (χ0n) is 14.4. The Labute approximate surface area is 156 Å². The van der Waals surface area contributed by atoms with E-state index in [4.69, 9.17) is 4.52 Å². The first-order valence-corrected chi connectivity index (χ1v) is 8.47. The highest BCUT2D eigenvalue weighted by atomic mass is 19.4. The molecular formula is C19H14F5N3O. The maximum absolute atomic E-state index is 13.3. The third-order valence-electron chi connectivity index (χ3n) is 4.59. The molecule has 0 aliphatic carbocycles. The number of hydrogen-bond acceptors (Lipinski definition) is 4. The van der Waals surface area contributed by atoms with E-state index >= 15 is 0 Å². The van der Waals surface area contributed by atoms with Crippen LogP contribution < -0.4 is 0 Å². The molecule has 4 rings (SSSR count). The second-order valence-electron chi connectivity index (χ2n) is 6.67. The van der Waals surface area contributed by atoms with E-state index in [0.717, 1.165) is 24.3 Å². The van der Waals surface area contributed by atoms with E-state index in [1.807, 2.05) is 4.90 Å². The zero-order valence-corrected chi connectivity index (χ0v) is 14.4. The van der Waals surface area contributed by atoms with Crippen LogP contribution in [0.15, 0.2) is 47.0 Å². The van der Waals surface area contributed by atoms with Crippen molar-refractivity contribution >= 4 is 0 Å². The Morgan fingerprint density at radius 2 is 1.82 bits per heavy atom. The molecule has 1 fully saturated rings. The average molecular weight is 395 g/mol. The summed E-state index contributed by atoms with van der Waals surface area (Å²) in [5, 5.41) is 3.78. The smallest absolute Gasteiger partial charge is 0.339 e. The topological polar surface area (TPSA) is 42.2 Å². The van der Waals surface area contributed by atoms with Gasteiger partial charge in [-0.05, 0) is 29.8 Å². The quantitative estimate of drug-likeness (QED) is 0.604. The minimum Gasteiger partial charge on any atom is -0.339 e. The van der Waals surface area contributed by atoms with Crippen LogP contribution in [0.2, 0.25) is 0 Å². The molecule has 0 spiro atoms. The maximum atomic E-state index is 13.3. The van der Waals surface area contributed by atoms with Gasteiger partial charge in [0.1, 0.15) is 0 Å². The highest BCUT2D eigenvalue weighted by Crippen LogP contribution is 2.33. The largest absolute Gasteiger partial charge is 0.416 e. The van der Waals surface area contributed by atoms with Crippen LogP contribution in [-0.2, 0) is 12.7 Å². The maximum Gasteiger partial charge on any atom is 0.416 e. The summed E-state index contributed by atoms with van der Waals surface area (Å²) in [7, 11) is 0. The highest BCUT2D eigenvalue weighted by Gasteiger charge is 2.33. The fourth-order valence-corrected chi connectivity index (χ4v) is 3.10. The van der Waals surface area contributed by atoms with Gasteiger partial charge >= 0.3 is 6.18 Å². The minimum atomic E-state index is -4.45. The highest BCUT2D eigenvalue weighted by molar-refractivity contribution is 5.55.